The Morgan fingerprint density at radius 3 is 2.61 bits per heavy atom. The lowest BCUT2D eigenvalue weighted by Crippen LogP contribution is -2.33. The van der Waals surface area contributed by atoms with Crippen LogP contribution in [-0.2, 0) is 4.74 Å². The van der Waals surface area contributed by atoms with E-state index in [0.29, 0.717) is 11.2 Å². The average molecular weight is 321 g/mol. The first-order valence-corrected chi connectivity index (χ1v) is 7.75. The number of rotatable bonds is 3. The maximum atomic E-state index is 10.2. The van der Waals surface area contributed by atoms with Crippen molar-refractivity contribution >= 4 is 17.0 Å². The maximum absolute atomic E-state index is 10.2. The Morgan fingerprint density at radius 1 is 1.13 bits per heavy atom. The summed E-state index contributed by atoms with van der Waals surface area (Å²) in [4.78, 5) is 15.1. The third-order valence-electron chi connectivity index (χ3n) is 4.54. The van der Waals surface area contributed by atoms with E-state index in [4.69, 9.17) is 4.74 Å². The predicted octanol–water partition coefficient (Wildman–Crippen LogP) is -0.962. The summed E-state index contributed by atoms with van der Waals surface area (Å²) in [7, 11) is 0. The largest absolute Gasteiger partial charge is 0.394 e. The summed E-state index contributed by atoms with van der Waals surface area (Å²) in [5.41, 5.74) is 1.18. The lowest BCUT2D eigenvalue weighted by atomic mass is 10.1. The van der Waals surface area contributed by atoms with Crippen molar-refractivity contribution in [1.29, 1.82) is 0 Å². The van der Waals surface area contributed by atoms with Gasteiger partial charge in [-0.2, -0.15) is 0 Å². The van der Waals surface area contributed by atoms with E-state index in [9.17, 15) is 15.3 Å². The molecule has 9 nitrogen and oxygen atoms in total. The molecule has 0 amide bonds. The van der Waals surface area contributed by atoms with Gasteiger partial charge < -0.3 is 25.0 Å². The highest BCUT2D eigenvalue weighted by atomic mass is 16.6. The van der Waals surface area contributed by atoms with Crippen molar-refractivity contribution in [2.75, 3.05) is 24.6 Å². The Labute approximate surface area is 132 Å². The van der Waals surface area contributed by atoms with Crippen LogP contribution in [0, 0.1) is 0 Å². The molecule has 4 heterocycles. The third-order valence-corrected chi connectivity index (χ3v) is 4.54. The molecule has 0 unspecified atom stereocenters. The molecule has 4 rings (SSSR count). The van der Waals surface area contributed by atoms with Gasteiger partial charge in [0.1, 0.15) is 24.6 Å². The first-order valence-electron chi connectivity index (χ1n) is 7.75. The van der Waals surface area contributed by atoms with E-state index in [1.54, 1.807) is 4.57 Å². The molecule has 0 radical (unpaired) electrons. The van der Waals surface area contributed by atoms with Gasteiger partial charge in [0.2, 0.25) is 0 Å². The van der Waals surface area contributed by atoms with E-state index >= 15 is 0 Å². The van der Waals surface area contributed by atoms with Crippen molar-refractivity contribution in [3.05, 3.63) is 12.7 Å². The molecule has 2 aromatic heterocycles. The summed E-state index contributed by atoms with van der Waals surface area (Å²) in [5.74, 6) is 0.776. The molecule has 2 aliphatic heterocycles. The maximum Gasteiger partial charge on any atom is 0.167 e. The molecule has 23 heavy (non-hydrogen) atoms. The Bertz CT molecular complexity index is 702. The number of hydrogen-bond acceptors (Lipinski definition) is 8. The Hall–Kier alpha value is -1.81. The molecule has 4 atom stereocenters. The van der Waals surface area contributed by atoms with Crippen LogP contribution < -0.4 is 4.90 Å². The van der Waals surface area contributed by atoms with E-state index in [-0.39, 0.29) is 6.61 Å². The number of nitrogens with zero attached hydrogens (tertiary/aromatic N) is 5. The lowest BCUT2D eigenvalue weighted by Gasteiger charge is -2.18. The van der Waals surface area contributed by atoms with Gasteiger partial charge in [-0.25, -0.2) is 15.0 Å². The van der Waals surface area contributed by atoms with Crippen molar-refractivity contribution < 1.29 is 20.1 Å². The van der Waals surface area contributed by atoms with E-state index in [2.05, 4.69) is 19.9 Å². The molecule has 2 aliphatic rings. The topological polar surface area (TPSA) is 117 Å². The van der Waals surface area contributed by atoms with Gasteiger partial charge in [-0.1, -0.05) is 0 Å². The van der Waals surface area contributed by atoms with Crippen LogP contribution in [0.2, 0.25) is 0 Å². The monoisotopic (exact) mass is 321 g/mol. The smallest absolute Gasteiger partial charge is 0.167 e. The van der Waals surface area contributed by atoms with Gasteiger partial charge >= 0.3 is 0 Å². The van der Waals surface area contributed by atoms with E-state index in [0.717, 1.165) is 31.7 Å². The second-order valence-corrected chi connectivity index (χ2v) is 5.94. The second-order valence-electron chi connectivity index (χ2n) is 5.94. The van der Waals surface area contributed by atoms with Gasteiger partial charge in [0.15, 0.2) is 23.2 Å². The van der Waals surface area contributed by atoms with Gasteiger partial charge in [0.25, 0.3) is 0 Å². The molecule has 9 heteroatoms. The highest BCUT2D eigenvalue weighted by molar-refractivity contribution is 5.83. The van der Waals surface area contributed by atoms with Gasteiger partial charge in [-0.05, 0) is 12.8 Å². The van der Waals surface area contributed by atoms with Crippen LogP contribution in [0.3, 0.4) is 0 Å². The first-order chi connectivity index (χ1) is 11.2. The van der Waals surface area contributed by atoms with Crippen LogP contribution in [0.5, 0.6) is 0 Å². The van der Waals surface area contributed by atoms with Crippen molar-refractivity contribution in [3.63, 3.8) is 0 Å². The number of anilines is 1. The third kappa shape index (κ3) is 2.27. The molecular weight excluding hydrogens is 302 g/mol. The Morgan fingerprint density at radius 2 is 1.91 bits per heavy atom. The van der Waals surface area contributed by atoms with E-state index < -0.39 is 24.5 Å². The minimum absolute atomic E-state index is 0.366. The number of imidazole rings is 1. The summed E-state index contributed by atoms with van der Waals surface area (Å²) < 4.78 is 7.14. The molecule has 2 fully saturated rings. The van der Waals surface area contributed by atoms with Crippen LogP contribution in [0.4, 0.5) is 5.82 Å². The SMILES string of the molecule is OC[C@@H]1O[C@@H](n2cnc3c(N4CCCC4)ncnc32)[C@@H](O)[C@@H]1O. The van der Waals surface area contributed by atoms with Crippen molar-refractivity contribution in [2.45, 2.75) is 37.4 Å². The summed E-state index contributed by atoms with van der Waals surface area (Å²) in [6.45, 7) is 1.51. The molecular formula is C14H19N5O4. The zero-order chi connectivity index (χ0) is 16.0. The summed E-state index contributed by atoms with van der Waals surface area (Å²) in [6.07, 6.45) is 1.27. The number of aliphatic hydroxyl groups is 3. The first kappa shape index (κ1) is 14.8. The lowest BCUT2D eigenvalue weighted by molar-refractivity contribution is -0.0511. The summed E-state index contributed by atoms with van der Waals surface area (Å²) >= 11 is 0. The number of fused-ring (bicyclic) bond motifs is 1. The fourth-order valence-electron chi connectivity index (χ4n) is 3.30. The number of aromatic nitrogens is 4. The Balaban J connectivity index is 1.73. The molecule has 124 valence electrons. The summed E-state index contributed by atoms with van der Waals surface area (Å²) in [5, 5.41) is 29.3. The van der Waals surface area contributed by atoms with Gasteiger partial charge in [-0.15, -0.1) is 0 Å². The molecule has 3 N–H and O–H groups in total. The zero-order valence-electron chi connectivity index (χ0n) is 12.5. The molecule has 0 aliphatic carbocycles. The van der Waals surface area contributed by atoms with Crippen LogP contribution in [0.15, 0.2) is 12.7 Å². The molecule has 2 aromatic rings. The van der Waals surface area contributed by atoms with Crippen molar-refractivity contribution in [1.82, 2.24) is 19.5 Å². The molecule has 0 bridgehead atoms. The predicted molar refractivity (Wildman–Crippen MR) is 79.8 cm³/mol. The number of ether oxygens (including phenoxy) is 1. The fourth-order valence-corrected chi connectivity index (χ4v) is 3.30. The molecule has 2 saturated heterocycles. The Kier molecular flexibility index (Phi) is 3.64. The second kappa shape index (κ2) is 5.68. The standard InChI is InChI=1S/C14H19N5O4/c20-5-8-10(21)11(22)14(23-8)19-7-17-9-12(15-6-16-13(9)19)18-3-1-2-4-18/h6-8,10-11,14,20-22H,1-5H2/t8-,10+,11-,14+/m0/s1. The van der Waals surface area contributed by atoms with Crippen molar-refractivity contribution in [3.8, 4) is 0 Å². The minimum Gasteiger partial charge on any atom is -0.394 e. The minimum atomic E-state index is -1.16. The van der Waals surface area contributed by atoms with Crippen LogP contribution >= 0.6 is 0 Å². The van der Waals surface area contributed by atoms with Gasteiger partial charge in [-0.3, -0.25) is 4.57 Å². The number of hydrogen-bond donors (Lipinski definition) is 3. The van der Waals surface area contributed by atoms with Gasteiger partial charge in [0, 0.05) is 13.1 Å². The average Bonchev–Trinajstić information content (AvgIpc) is 3.28. The van der Waals surface area contributed by atoms with E-state index in [1.165, 1.54) is 12.7 Å². The highest BCUT2D eigenvalue weighted by Crippen LogP contribution is 2.33. The summed E-state index contributed by atoms with van der Waals surface area (Å²) in [6, 6.07) is 0. The fraction of sp³-hybridized carbons (Fsp3) is 0.643. The molecule has 0 saturated carbocycles. The quantitative estimate of drug-likeness (QED) is 0.662. The normalized spacial score (nSPS) is 31.3. The van der Waals surface area contributed by atoms with Gasteiger partial charge in [0.05, 0.1) is 12.9 Å². The number of aliphatic hydroxyl groups excluding tert-OH is 3. The highest BCUT2D eigenvalue weighted by Gasteiger charge is 2.44. The van der Waals surface area contributed by atoms with Crippen LogP contribution in [0.1, 0.15) is 19.1 Å². The van der Waals surface area contributed by atoms with Crippen LogP contribution in [-0.4, -0.2) is 72.8 Å². The molecule has 0 aromatic carbocycles. The van der Waals surface area contributed by atoms with Crippen LogP contribution in [0.25, 0.3) is 11.2 Å². The van der Waals surface area contributed by atoms with E-state index in [1.807, 2.05) is 0 Å². The molecule has 0 spiro atoms. The van der Waals surface area contributed by atoms with Crippen molar-refractivity contribution in [2.24, 2.45) is 0 Å². The zero-order valence-corrected chi connectivity index (χ0v) is 12.5.